The number of amides is 1. The predicted molar refractivity (Wildman–Crippen MR) is 99.0 cm³/mol. The van der Waals surface area contributed by atoms with E-state index in [4.69, 9.17) is 4.74 Å². The van der Waals surface area contributed by atoms with Gasteiger partial charge in [0.25, 0.3) is 0 Å². The average Bonchev–Trinajstić information content (AvgIpc) is 2.95. The topological polar surface area (TPSA) is 79.0 Å². The van der Waals surface area contributed by atoms with Crippen molar-refractivity contribution in [2.45, 2.75) is 45.6 Å². The van der Waals surface area contributed by atoms with Crippen LogP contribution >= 0.6 is 0 Å². The maximum atomic E-state index is 12.5. The Labute approximate surface area is 148 Å². The number of aryl methyl sites for hydroxylation is 2. The van der Waals surface area contributed by atoms with Crippen LogP contribution in [0, 0.1) is 13.8 Å². The van der Waals surface area contributed by atoms with Gasteiger partial charge in [-0.15, -0.1) is 0 Å². The normalized spacial score (nSPS) is 16.4. The summed E-state index contributed by atoms with van der Waals surface area (Å²) in [7, 11) is 0. The molecule has 0 spiro atoms. The number of hydrogen-bond donors (Lipinski definition) is 3. The highest BCUT2D eigenvalue weighted by Crippen LogP contribution is 2.24. The average molecular weight is 342 g/mol. The van der Waals surface area contributed by atoms with Gasteiger partial charge in [0.2, 0.25) is 5.91 Å². The first-order valence-corrected chi connectivity index (χ1v) is 8.81. The van der Waals surface area contributed by atoms with Gasteiger partial charge in [-0.1, -0.05) is 0 Å². The number of H-pyrrole nitrogens is 1. The van der Waals surface area contributed by atoms with Gasteiger partial charge in [0.05, 0.1) is 11.6 Å². The minimum atomic E-state index is -0.251. The SMILES string of the molecule is Cc1n[nH]c(C)c1C(C)C(=O)Nc1ccc(NC2CCOCC2)cc1. The quantitative estimate of drug-likeness (QED) is 0.778. The highest BCUT2D eigenvalue weighted by Gasteiger charge is 2.21. The third kappa shape index (κ3) is 4.20. The summed E-state index contributed by atoms with van der Waals surface area (Å²) < 4.78 is 5.38. The molecule has 0 radical (unpaired) electrons. The van der Waals surface area contributed by atoms with Crippen LogP contribution in [0.15, 0.2) is 24.3 Å². The zero-order valence-corrected chi connectivity index (χ0v) is 15.1. The standard InChI is InChI=1S/C19H26N4O2/c1-12(18-13(2)22-23-14(18)3)19(24)21-16-6-4-15(5-7-16)20-17-8-10-25-11-9-17/h4-7,12,17,20H,8-11H2,1-3H3,(H,21,24)(H,22,23). The number of aromatic nitrogens is 2. The van der Waals surface area contributed by atoms with Crippen LogP contribution in [0.4, 0.5) is 11.4 Å². The Morgan fingerprint density at radius 2 is 1.84 bits per heavy atom. The van der Waals surface area contributed by atoms with E-state index in [0.29, 0.717) is 6.04 Å². The molecule has 6 nitrogen and oxygen atoms in total. The number of nitrogens with zero attached hydrogens (tertiary/aromatic N) is 1. The van der Waals surface area contributed by atoms with Crippen molar-refractivity contribution in [1.82, 2.24) is 10.2 Å². The molecule has 0 saturated carbocycles. The zero-order valence-electron chi connectivity index (χ0n) is 15.1. The first-order chi connectivity index (χ1) is 12.0. The summed E-state index contributed by atoms with van der Waals surface area (Å²) in [6.07, 6.45) is 2.05. The fourth-order valence-corrected chi connectivity index (χ4v) is 3.31. The number of rotatable bonds is 5. The zero-order chi connectivity index (χ0) is 17.8. The van der Waals surface area contributed by atoms with Crippen LogP contribution in [0.5, 0.6) is 0 Å². The summed E-state index contributed by atoms with van der Waals surface area (Å²) in [5.74, 6) is -0.281. The van der Waals surface area contributed by atoms with E-state index in [1.54, 1.807) is 0 Å². The molecule has 1 aromatic carbocycles. The lowest BCUT2D eigenvalue weighted by atomic mass is 9.98. The van der Waals surface area contributed by atoms with Crippen LogP contribution in [0.1, 0.15) is 42.6 Å². The molecule has 3 rings (SSSR count). The maximum absolute atomic E-state index is 12.5. The lowest BCUT2D eigenvalue weighted by Gasteiger charge is -2.24. The number of nitrogens with one attached hydrogen (secondary N) is 3. The molecule has 1 unspecified atom stereocenters. The van der Waals surface area contributed by atoms with Gasteiger partial charge >= 0.3 is 0 Å². The van der Waals surface area contributed by atoms with Crippen LogP contribution < -0.4 is 10.6 Å². The minimum Gasteiger partial charge on any atom is -0.382 e. The van der Waals surface area contributed by atoms with Crippen LogP contribution in [-0.2, 0) is 9.53 Å². The Morgan fingerprint density at radius 3 is 2.44 bits per heavy atom. The van der Waals surface area contributed by atoms with Crippen molar-refractivity contribution in [2.24, 2.45) is 0 Å². The monoisotopic (exact) mass is 342 g/mol. The third-order valence-corrected chi connectivity index (χ3v) is 4.76. The lowest BCUT2D eigenvalue weighted by Crippen LogP contribution is -2.27. The molecule has 1 aliphatic heterocycles. The molecule has 2 heterocycles. The van der Waals surface area contributed by atoms with Crippen molar-refractivity contribution in [3.8, 4) is 0 Å². The fraction of sp³-hybridized carbons (Fsp3) is 0.474. The molecule has 1 atom stereocenters. The molecule has 2 aromatic rings. The van der Waals surface area contributed by atoms with Crippen molar-refractivity contribution in [3.05, 3.63) is 41.2 Å². The van der Waals surface area contributed by atoms with E-state index in [1.807, 2.05) is 45.0 Å². The highest BCUT2D eigenvalue weighted by molar-refractivity contribution is 5.96. The number of ether oxygens (including phenoxy) is 1. The fourth-order valence-electron chi connectivity index (χ4n) is 3.31. The first kappa shape index (κ1) is 17.5. The molecule has 3 N–H and O–H groups in total. The van der Waals surface area contributed by atoms with Gasteiger partial charge < -0.3 is 15.4 Å². The van der Waals surface area contributed by atoms with E-state index in [-0.39, 0.29) is 11.8 Å². The van der Waals surface area contributed by atoms with Gasteiger partial charge in [-0.3, -0.25) is 9.89 Å². The molecule has 1 aromatic heterocycles. The van der Waals surface area contributed by atoms with Crippen molar-refractivity contribution in [1.29, 1.82) is 0 Å². The van der Waals surface area contributed by atoms with Crippen molar-refractivity contribution >= 4 is 17.3 Å². The second kappa shape index (κ2) is 7.70. The molecule has 1 aliphatic rings. The largest absolute Gasteiger partial charge is 0.382 e. The summed E-state index contributed by atoms with van der Waals surface area (Å²) >= 11 is 0. The maximum Gasteiger partial charge on any atom is 0.231 e. The number of carbonyl (C=O) groups is 1. The van der Waals surface area contributed by atoms with Gasteiger partial charge in [-0.05, 0) is 57.9 Å². The molecule has 134 valence electrons. The van der Waals surface area contributed by atoms with Crippen molar-refractivity contribution < 1.29 is 9.53 Å². The molecule has 6 heteroatoms. The van der Waals surface area contributed by atoms with E-state index in [1.165, 1.54) is 0 Å². The van der Waals surface area contributed by atoms with Gasteiger partial charge in [0, 0.05) is 41.9 Å². The number of benzene rings is 1. The summed E-state index contributed by atoms with van der Waals surface area (Å²) in [5, 5.41) is 13.6. The highest BCUT2D eigenvalue weighted by atomic mass is 16.5. The molecule has 25 heavy (non-hydrogen) atoms. The van der Waals surface area contributed by atoms with E-state index in [2.05, 4.69) is 20.8 Å². The first-order valence-electron chi connectivity index (χ1n) is 8.81. The Hall–Kier alpha value is -2.34. The van der Waals surface area contributed by atoms with E-state index >= 15 is 0 Å². The predicted octanol–water partition coefficient (Wildman–Crippen LogP) is 3.36. The summed E-state index contributed by atoms with van der Waals surface area (Å²) in [5.41, 5.74) is 4.65. The van der Waals surface area contributed by atoms with Crippen molar-refractivity contribution in [3.63, 3.8) is 0 Å². The Bertz CT molecular complexity index is 698. The minimum absolute atomic E-state index is 0.0299. The summed E-state index contributed by atoms with van der Waals surface area (Å²) in [6, 6.07) is 8.33. The van der Waals surface area contributed by atoms with Crippen LogP contribution in [0.3, 0.4) is 0 Å². The van der Waals surface area contributed by atoms with Crippen LogP contribution in [0.2, 0.25) is 0 Å². The van der Waals surface area contributed by atoms with Crippen LogP contribution in [0.25, 0.3) is 0 Å². The number of carbonyl (C=O) groups excluding carboxylic acids is 1. The number of aromatic amines is 1. The molecule has 0 aliphatic carbocycles. The Morgan fingerprint density at radius 1 is 1.20 bits per heavy atom. The molecule has 1 fully saturated rings. The third-order valence-electron chi connectivity index (χ3n) is 4.76. The molecular formula is C19H26N4O2. The van der Waals surface area contributed by atoms with Gasteiger partial charge in [0.15, 0.2) is 0 Å². The number of hydrogen-bond acceptors (Lipinski definition) is 4. The summed E-state index contributed by atoms with van der Waals surface area (Å²) in [6.45, 7) is 7.39. The Kier molecular flexibility index (Phi) is 5.38. The van der Waals surface area contributed by atoms with E-state index in [0.717, 1.165) is 54.4 Å². The smallest absolute Gasteiger partial charge is 0.231 e. The molecule has 1 amide bonds. The van der Waals surface area contributed by atoms with E-state index in [9.17, 15) is 4.79 Å². The number of anilines is 2. The van der Waals surface area contributed by atoms with Gasteiger partial charge in [-0.25, -0.2) is 0 Å². The van der Waals surface area contributed by atoms with Crippen LogP contribution in [-0.4, -0.2) is 35.4 Å². The molecular weight excluding hydrogens is 316 g/mol. The van der Waals surface area contributed by atoms with Gasteiger partial charge in [-0.2, -0.15) is 5.10 Å². The van der Waals surface area contributed by atoms with Crippen molar-refractivity contribution in [2.75, 3.05) is 23.8 Å². The second-order valence-corrected chi connectivity index (χ2v) is 6.67. The Balaban J connectivity index is 1.60. The second-order valence-electron chi connectivity index (χ2n) is 6.67. The van der Waals surface area contributed by atoms with E-state index < -0.39 is 0 Å². The lowest BCUT2D eigenvalue weighted by molar-refractivity contribution is -0.117. The van der Waals surface area contributed by atoms with Gasteiger partial charge in [0.1, 0.15) is 0 Å². The molecule has 1 saturated heterocycles. The summed E-state index contributed by atoms with van der Waals surface area (Å²) in [4.78, 5) is 12.5. The molecule has 0 bridgehead atoms.